The van der Waals surface area contributed by atoms with E-state index in [1.165, 1.54) is 23.5 Å². The minimum absolute atomic E-state index is 0.0261. The number of carboxylic acids is 1. The van der Waals surface area contributed by atoms with E-state index in [0.717, 1.165) is 0 Å². The van der Waals surface area contributed by atoms with Crippen LogP contribution in [0.5, 0.6) is 0 Å². The second-order valence-electron chi connectivity index (χ2n) is 5.80. The number of non-ortho nitro benzene ring substituents is 1. The van der Waals surface area contributed by atoms with Gasteiger partial charge in [0.15, 0.2) is 0 Å². The van der Waals surface area contributed by atoms with Crippen molar-refractivity contribution in [1.82, 2.24) is 10.3 Å². The van der Waals surface area contributed by atoms with Crippen LogP contribution in [0.4, 0.5) is 5.69 Å². The molecule has 3 rings (SSSR count). The van der Waals surface area contributed by atoms with Gasteiger partial charge in [0.1, 0.15) is 16.2 Å². The quantitative estimate of drug-likeness (QED) is 0.591. The maximum atomic E-state index is 12.5. The SMILES string of the molecule is O=C(NC1(C(=O)O)CCSCC1)c1csc(-c2ccc([N+](=O)[O-])cc2)n1. The smallest absolute Gasteiger partial charge is 0.329 e. The van der Waals surface area contributed by atoms with E-state index in [0.29, 0.717) is 34.9 Å². The second kappa shape index (κ2) is 7.42. The van der Waals surface area contributed by atoms with Crippen molar-refractivity contribution in [2.24, 2.45) is 0 Å². The lowest BCUT2D eigenvalue weighted by Crippen LogP contribution is -2.56. The van der Waals surface area contributed by atoms with Crippen molar-refractivity contribution in [3.63, 3.8) is 0 Å². The minimum atomic E-state index is -1.25. The number of rotatable bonds is 5. The van der Waals surface area contributed by atoms with Gasteiger partial charge in [-0.2, -0.15) is 11.8 Å². The summed E-state index contributed by atoms with van der Waals surface area (Å²) < 4.78 is 0. The number of nitrogens with one attached hydrogen (secondary N) is 1. The average molecular weight is 393 g/mol. The van der Waals surface area contributed by atoms with E-state index in [-0.39, 0.29) is 11.4 Å². The summed E-state index contributed by atoms with van der Waals surface area (Å²) in [6, 6.07) is 5.87. The lowest BCUT2D eigenvalue weighted by atomic mass is 9.92. The van der Waals surface area contributed by atoms with Gasteiger partial charge in [0.2, 0.25) is 0 Å². The number of carbonyl (C=O) groups is 2. The van der Waals surface area contributed by atoms with E-state index < -0.39 is 22.3 Å². The van der Waals surface area contributed by atoms with Crippen molar-refractivity contribution in [2.75, 3.05) is 11.5 Å². The number of amides is 1. The Bertz CT molecular complexity index is 844. The zero-order valence-corrected chi connectivity index (χ0v) is 15.1. The van der Waals surface area contributed by atoms with Crippen LogP contribution >= 0.6 is 23.1 Å². The first-order valence-electron chi connectivity index (χ1n) is 7.75. The fourth-order valence-corrected chi connectivity index (χ4v) is 4.63. The number of hydrogen-bond acceptors (Lipinski definition) is 7. The monoisotopic (exact) mass is 393 g/mol. The first kappa shape index (κ1) is 18.3. The highest BCUT2D eigenvalue weighted by atomic mass is 32.2. The van der Waals surface area contributed by atoms with E-state index in [9.17, 15) is 24.8 Å². The van der Waals surface area contributed by atoms with Gasteiger partial charge in [0.05, 0.1) is 4.92 Å². The Hall–Kier alpha value is -2.46. The third kappa shape index (κ3) is 3.70. The molecule has 1 aliphatic heterocycles. The second-order valence-corrected chi connectivity index (χ2v) is 7.88. The first-order valence-corrected chi connectivity index (χ1v) is 9.79. The average Bonchev–Trinajstić information content (AvgIpc) is 3.13. The van der Waals surface area contributed by atoms with Gasteiger partial charge in [-0.25, -0.2) is 9.78 Å². The minimum Gasteiger partial charge on any atom is -0.480 e. The molecule has 0 spiro atoms. The Morgan fingerprint density at radius 1 is 1.23 bits per heavy atom. The van der Waals surface area contributed by atoms with Crippen LogP contribution in [0, 0.1) is 10.1 Å². The number of benzene rings is 1. The van der Waals surface area contributed by atoms with Crippen LogP contribution in [0.3, 0.4) is 0 Å². The highest BCUT2D eigenvalue weighted by molar-refractivity contribution is 7.99. The summed E-state index contributed by atoms with van der Waals surface area (Å²) in [4.78, 5) is 38.6. The number of nitro benzene ring substituents is 1. The molecule has 1 saturated heterocycles. The molecule has 1 aliphatic rings. The number of nitrogens with zero attached hydrogens (tertiary/aromatic N) is 2. The summed E-state index contributed by atoms with van der Waals surface area (Å²) in [5.74, 6) is -0.198. The Morgan fingerprint density at radius 2 is 1.88 bits per heavy atom. The fourth-order valence-electron chi connectivity index (χ4n) is 2.63. The van der Waals surface area contributed by atoms with Crippen molar-refractivity contribution in [3.8, 4) is 10.6 Å². The zero-order valence-electron chi connectivity index (χ0n) is 13.5. The molecule has 0 unspecified atom stereocenters. The maximum Gasteiger partial charge on any atom is 0.329 e. The van der Waals surface area contributed by atoms with Gasteiger partial charge in [-0.1, -0.05) is 0 Å². The van der Waals surface area contributed by atoms with Crippen molar-refractivity contribution >= 4 is 40.7 Å². The van der Waals surface area contributed by atoms with Gasteiger partial charge >= 0.3 is 5.97 Å². The number of carboxylic acid groups (broad SMARTS) is 1. The largest absolute Gasteiger partial charge is 0.480 e. The third-order valence-corrected chi connectivity index (χ3v) is 6.05. The number of hydrogen-bond donors (Lipinski definition) is 2. The fraction of sp³-hybridized carbons (Fsp3) is 0.312. The summed E-state index contributed by atoms with van der Waals surface area (Å²) >= 11 is 2.89. The topological polar surface area (TPSA) is 122 Å². The van der Waals surface area contributed by atoms with Crippen LogP contribution in [-0.4, -0.2) is 43.9 Å². The Kier molecular flexibility index (Phi) is 5.23. The number of carbonyl (C=O) groups excluding carboxylic acids is 1. The van der Waals surface area contributed by atoms with Crippen LogP contribution in [0.15, 0.2) is 29.6 Å². The molecule has 1 aromatic heterocycles. The van der Waals surface area contributed by atoms with Crippen molar-refractivity contribution in [1.29, 1.82) is 0 Å². The van der Waals surface area contributed by atoms with E-state index in [1.54, 1.807) is 29.3 Å². The molecular weight excluding hydrogens is 378 g/mol. The molecule has 8 nitrogen and oxygen atoms in total. The Balaban J connectivity index is 1.77. The van der Waals surface area contributed by atoms with Crippen molar-refractivity contribution in [3.05, 3.63) is 45.5 Å². The third-order valence-electron chi connectivity index (χ3n) is 4.17. The Morgan fingerprint density at radius 3 is 2.46 bits per heavy atom. The molecule has 0 aliphatic carbocycles. The van der Waals surface area contributed by atoms with Crippen LogP contribution in [0.25, 0.3) is 10.6 Å². The number of thiazole rings is 1. The molecule has 2 aromatic rings. The molecule has 10 heteroatoms. The van der Waals surface area contributed by atoms with Crippen LogP contribution in [0.1, 0.15) is 23.3 Å². The molecule has 0 atom stereocenters. The van der Waals surface area contributed by atoms with E-state index in [2.05, 4.69) is 10.3 Å². The number of nitro groups is 1. The van der Waals surface area contributed by atoms with Crippen LogP contribution in [-0.2, 0) is 4.79 Å². The lowest BCUT2D eigenvalue weighted by Gasteiger charge is -2.33. The van der Waals surface area contributed by atoms with Gasteiger partial charge in [-0.15, -0.1) is 11.3 Å². The van der Waals surface area contributed by atoms with Gasteiger partial charge in [0.25, 0.3) is 11.6 Å². The summed E-state index contributed by atoms with van der Waals surface area (Å²) in [6.45, 7) is 0. The van der Waals surface area contributed by atoms with Crippen molar-refractivity contribution in [2.45, 2.75) is 18.4 Å². The highest BCUT2D eigenvalue weighted by Crippen LogP contribution is 2.29. The molecule has 1 amide bonds. The van der Waals surface area contributed by atoms with Crippen LogP contribution < -0.4 is 5.32 Å². The van der Waals surface area contributed by atoms with E-state index >= 15 is 0 Å². The molecule has 26 heavy (non-hydrogen) atoms. The molecule has 2 N–H and O–H groups in total. The predicted octanol–water partition coefficient (Wildman–Crippen LogP) is 2.80. The molecule has 0 radical (unpaired) electrons. The highest BCUT2D eigenvalue weighted by Gasteiger charge is 2.41. The molecule has 0 bridgehead atoms. The summed E-state index contributed by atoms with van der Waals surface area (Å²) in [5.41, 5.74) is -0.481. The molecule has 0 saturated carbocycles. The van der Waals surface area contributed by atoms with E-state index in [4.69, 9.17) is 0 Å². The summed E-state index contributed by atoms with van der Waals surface area (Å²) in [7, 11) is 0. The molecule has 136 valence electrons. The van der Waals surface area contributed by atoms with Crippen LogP contribution in [0.2, 0.25) is 0 Å². The maximum absolute atomic E-state index is 12.5. The molecule has 1 fully saturated rings. The lowest BCUT2D eigenvalue weighted by molar-refractivity contribution is -0.384. The van der Waals surface area contributed by atoms with E-state index in [1.807, 2.05) is 0 Å². The first-order chi connectivity index (χ1) is 12.4. The van der Waals surface area contributed by atoms with Gasteiger partial charge < -0.3 is 10.4 Å². The number of aliphatic carboxylic acids is 1. The predicted molar refractivity (Wildman–Crippen MR) is 98.6 cm³/mol. The standard InChI is InChI=1S/C16H15N3O5S2/c20-13(18-16(15(21)22)5-7-25-8-6-16)12-9-26-14(17-12)10-1-3-11(4-2-10)19(23)24/h1-4,9H,5-8H2,(H,18,20)(H,21,22). The number of thioether (sulfide) groups is 1. The van der Waals surface area contributed by atoms with Gasteiger partial charge in [-0.3, -0.25) is 14.9 Å². The summed E-state index contributed by atoms with van der Waals surface area (Å²) in [5, 5.41) is 25.0. The summed E-state index contributed by atoms with van der Waals surface area (Å²) in [6.07, 6.45) is 0.746. The molecule has 2 heterocycles. The zero-order chi connectivity index (χ0) is 18.7. The normalized spacial score (nSPS) is 16.0. The number of aromatic nitrogens is 1. The Labute approximate surface area is 156 Å². The molecular formula is C16H15N3O5S2. The van der Waals surface area contributed by atoms with Gasteiger partial charge in [-0.05, 0) is 36.5 Å². The van der Waals surface area contributed by atoms with Gasteiger partial charge in [0, 0.05) is 23.1 Å². The molecule has 1 aromatic carbocycles. The van der Waals surface area contributed by atoms with Crippen molar-refractivity contribution < 1.29 is 19.6 Å².